The monoisotopic (exact) mass is 555 g/mol. The van der Waals surface area contributed by atoms with Crippen molar-refractivity contribution >= 4 is 66.4 Å². The van der Waals surface area contributed by atoms with Gasteiger partial charge in [-0.3, -0.25) is 10.1 Å². The number of nitrogens with one attached hydrogen (secondary N) is 1. The Morgan fingerprint density at radius 3 is 2.64 bits per heavy atom. The molecule has 0 unspecified atom stereocenters. The van der Waals surface area contributed by atoms with E-state index >= 15 is 0 Å². The summed E-state index contributed by atoms with van der Waals surface area (Å²) in [5.41, 5.74) is 0.369. The van der Waals surface area contributed by atoms with Gasteiger partial charge in [0.05, 0.1) is 21.9 Å². The number of anilines is 1. The van der Waals surface area contributed by atoms with Crippen LogP contribution in [0.2, 0.25) is 36.0 Å². The number of nitro benzene ring substituents is 1. The average molecular weight is 556 g/mol. The van der Waals surface area contributed by atoms with E-state index in [9.17, 15) is 20.2 Å². The molecule has 194 valence electrons. The van der Waals surface area contributed by atoms with Gasteiger partial charge >= 0.3 is 12.8 Å². The van der Waals surface area contributed by atoms with Gasteiger partial charge in [0, 0.05) is 33.5 Å². The molecule has 15 heteroatoms. The van der Waals surface area contributed by atoms with E-state index in [0.717, 1.165) is 6.04 Å². The van der Waals surface area contributed by atoms with Crippen LogP contribution in [-0.4, -0.2) is 64.5 Å². The predicted octanol–water partition coefficient (Wildman–Crippen LogP) is 3.52. The fourth-order valence-corrected chi connectivity index (χ4v) is 4.51. The molecule has 0 aliphatic rings. The third-order valence-electron chi connectivity index (χ3n) is 5.22. The molecule has 3 aromatic rings. The van der Waals surface area contributed by atoms with Crippen molar-refractivity contribution in [3.05, 3.63) is 44.8 Å². The molecule has 0 fully saturated rings. The van der Waals surface area contributed by atoms with Crippen LogP contribution in [0.4, 0.5) is 11.5 Å². The molecule has 0 saturated carbocycles. The van der Waals surface area contributed by atoms with Crippen LogP contribution >= 0.6 is 23.2 Å². The molecule has 0 amide bonds. The van der Waals surface area contributed by atoms with Crippen LogP contribution in [0.1, 0.15) is 6.42 Å². The van der Waals surface area contributed by atoms with Crippen molar-refractivity contribution < 1.29 is 24.4 Å². The van der Waals surface area contributed by atoms with E-state index < -0.39 is 20.1 Å². The molecule has 3 N–H and O–H groups in total. The minimum Gasteiger partial charge on any atom is -0.487 e. The zero-order valence-electron chi connectivity index (χ0n) is 20.2. The highest BCUT2D eigenvalue weighted by molar-refractivity contribution is 6.76. The first-order chi connectivity index (χ1) is 17.0. The Kier molecular flexibility index (Phi) is 9.55. The maximum atomic E-state index is 11.2. The van der Waals surface area contributed by atoms with Gasteiger partial charge in [-0.2, -0.15) is 9.97 Å². The van der Waals surface area contributed by atoms with Gasteiger partial charge in [-0.15, -0.1) is 0 Å². The number of halogens is 2. The summed E-state index contributed by atoms with van der Waals surface area (Å²) < 4.78 is 13.1. The molecule has 11 nitrogen and oxygen atoms in total. The van der Waals surface area contributed by atoms with Crippen molar-refractivity contribution in [2.75, 3.05) is 25.1 Å². The molecule has 0 radical (unpaired) electrons. The second kappa shape index (κ2) is 12.2. The maximum Gasteiger partial charge on any atom is 0.488 e. The first kappa shape index (κ1) is 28.2. The number of nitro groups is 1. The summed E-state index contributed by atoms with van der Waals surface area (Å²) in [5, 5.41) is 34.1. The first-order valence-corrected chi connectivity index (χ1v) is 15.7. The summed E-state index contributed by atoms with van der Waals surface area (Å²) in [6.45, 7) is 8.31. The van der Waals surface area contributed by atoms with Gasteiger partial charge in [-0.25, -0.2) is 0 Å². The number of hydrogen-bond acceptors (Lipinski definition) is 9. The molecular formula is C21H28BCl2N5O6Si. The maximum absolute atomic E-state index is 11.2. The summed E-state index contributed by atoms with van der Waals surface area (Å²) in [6.07, 6.45) is 2.17. The van der Waals surface area contributed by atoms with Crippen molar-refractivity contribution in [1.82, 2.24) is 14.5 Å². The average Bonchev–Trinajstić information content (AvgIpc) is 3.10. The van der Waals surface area contributed by atoms with E-state index in [1.54, 1.807) is 10.8 Å². The van der Waals surface area contributed by atoms with Crippen LogP contribution in [0.25, 0.3) is 11.0 Å². The van der Waals surface area contributed by atoms with Crippen LogP contribution in [0, 0.1) is 10.1 Å². The smallest absolute Gasteiger partial charge is 0.487 e. The van der Waals surface area contributed by atoms with Crippen LogP contribution in [-0.2, 0) is 11.5 Å². The molecule has 0 bridgehead atoms. The third-order valence-corrected chi connectivity index (χ3v) is 7.38. The summed E-state index contributed by atoms with van der Waals surface area (Å²) in [7, 11) is -2.97. The normalized spacial score (nSPS) is 11.6. The van der Waals surface area contributed by atoms with Gasteiger partial charge in [0.1, 0.15) is 12.5 Å². The van der Waals surface area contributed by atoms with Crippen molar-refractivity contribution in [2.24, 2.45) is 0 Å². The number of ether oxygens (including phenoxy) is 2. The summed E-state index contributed by atoms with van der Waals surface area (Å²) >= 11 is 12.6. The molecule has 3 rings (SSSR count). The Hall–Kier alpha value is -2.42. The lowest BCUT2D eigenvalue weighted by Crippen LogP contribution is -2.29. The molecule has 2 heterocycles. The fourth-order valence-electron chi connectivity index (χ4n) is 3.30. The SMILES string of the molecule is C[Si](C)(C)CCOCn1cc(Cl)c2c(NCCCOc3cc(B(O)O)ccc3[N+](=O)[O-])nc(Cl)nc21. The second-order valence-electron chi connectivity index (χ2n) is 9.32. The standard InChI is InChI=1S/C21H28BCl2N5O6Si/c1-36(2,3)10-9-34-13-28-12-15(23)18-19(26-21(24)27-20(18)28)25-7-4-8-35-17-11-14(22(30)31)5-6-16(17)29(32)33/h5-6,11-12,30-31H,4,7-10,13H2,1-3H3,(H,25,26,27). The second-order valence-corrected chi connectivity index (χ2v) is 15.7. The lowest BCUT2D eigenvalue weighted by Gasteiger charge is -2.15. The van der Waals surface area contributed by atoms with E-state index in [1.165, 1.54) is 18.2 Å². The molecule has 0 atom stereocenters. The van der Waals surface area contributed by atoms with Gasteiger partial charge in [0.15, 0.2) is 11.4 Å². The number of aromatic nitrogens is 3. The number of hydrogen-bond donors (Lipinski definition) is 3. The molecule has 0 saturated heterocycles. The highest BCUT2D eigenvalue weighted by Gasteiger charge is 2.20. The summed E-state index contributed by atoms with van der Waals surface area (Å²) in [5.74, 6) is 0.402. The minimum atomic E-state index is -1.76. The van der Waals surface area contributed by atoms with Crippen LogP contribution in [0.15, 0.2) is 24.4 Å². The van der Waals surface area contributed by atoms with Gasteiger partial charge in [0.25, 0.3) is 0 Å². The van der Waals surface area contributed by atoms with E-state index in [0.29, 0.717) is 41.4 Å². The number of fused-ring (bicyclic) bond motifs is 1. The molecule has 1 aromatic carbocycles. The Morgan fingerprint density at radius 2 is 1.97 bits per heavy atom. The van der Waals surface area contributed by atoms with E-state index in [2.05, 4.69) is 34.9 Å². The Morgan fingerprint density at radius 1 is 1.22 bits per heavy atom. The van der Waals surface area contributed by atoms with Crippen molar-refractivity contribution in [3.63, 3.8) is 0 Å². The highest BCUT2D eigenvalue weighted by atomic mass is 35.5. The van der Waals surface area contributed by atoms with Crippen molar-refractivity contribution in [3.8, 4) is 5.75 Å². The topological polar surface area (TPSA) is 145 Å². The molecule has 0 spiro atoms. The van der Waals surface area contributed by atoms with Crippen LogP contribution in [0.3, 0.4) is 0 Å². The first-order valence-electron chi connectivity index (χ1n) is 11.3. The van der Waals surface area contributed by atoms with Gasteiger partial charge in [-0.05, 0) is 35.6 Å². The van der Waals surface area contributed by atoms with Crippen LogP contribution < -0.4 is 15.5 Å². The summed E-state index contributed by atoms with van der Waals surface area (Å²) in [4.78, 5) is 19.2. The molecular weight excluding hydrogens is 528 g/mol. The predicted molar refractivity (Wildman–Crippen MR) is 143 cm³/mol. The lowest BCUT2D eigenvalue weighted by molar-refractivity contribution is -0.385. The van der Waals surface area contributed by atoms with E-state index in [-0.39, 0.29) is 35.5 Å². The van der Waals surface area contributed by atoms with Crippen molar-refractivity contribution in [1.29, 1.82) is 0 Å². The number of benzene rings is 1. The largest absolute Gasteiger partial charge is 0.488 e. The minimum absolute atomic E-state index is 0.0488. The molecule has 0 aliphatic carbocycles. The Bertz CT molecular complexity index is 1220. The van der Waals surface area contributed by atoms with Gasteiger partial charge < -0.3 is 29.4 Å². The Balaban J connectivity index is 1.63. The number of rotatable bonds is 13. The molecule has 0 aliphatic heterocycles. The zero-order valence-corrected chi connectivity index (χ0v) is 22.7. The van der Waals surface area contributed by atoms with Gasteiger partial charge in [-0.1, -0.05) is 37.3 Å². The van der Waals surface area contributed by atoms with E-state index in [4.69, 9.17) is 32.7 Å². The molecule has 2 aromatic heterocycles. The van der Waals surface area contributed by atoms with Crippen molar-refractivity contribution in [2.45, 2.75) is 38.8 Å². The third kappa shape index (κ3) is 7.54. The molecule has 36 heavy (non-hydrogen) atoms. The highest BCUT2D eigenvalue weighted by Crippen LogP contribution is 2.31. The van der Waals surface area contributed by atoms with E-state index in [1.807, 2.05) is 0 Å². The number of nitrogens with zero attached hydrogens (tertiary/aromatic N) is 4. The fraction of sp³-hybridized carbons (Fsp3) is 0.429. The quantitative estimate of drug-likeness (QED) is 0.0947. The summed E-state index contributed by atoms with van der Waals surface area (Å²) in [6, 6.07) is 4.70. The van der Waals surface area contributed by atoms with Crippen LogP contribution in [0.5, 0.6) is 5.75 Å². The Labute approximate surface area is 219 Å². The zero-order chi connectivity index (χ0) is 26.5. The lowest BCUT2D eigenvalue weighted by atomic mass is 9.80. The van der Waals surface area contributed by atoms with Gasteiger partial charge in [0.2, 0.25) is 5.28 Å².